The summed E-state index contributed by atoms with van der Waals surface area (Å²) >= 11 is 0. The molecular formula is C21H18N4O3. The van der Waals surface area contributed by atoms with Gasteiger partial charge in [-0.2, -0.15) is 5.26 Å². The molecule has 2 heterocycles. The van der Waals surface area contributed by atoms with Gasteiger partial charge in [-0.05, 0) is 42.0 Å². The van der Waals surface area contributed by atoms with Gasteiger partial charge < -0.3 is 14.2 Å². The molecule has 1 aliphatic heterocycles. The Balaban J connectivity index is 1.87. The minimum absolute atomic E-state index is 0.108. The summed E-state index contributed by atoms with van der Waals surface area (Å²) in [4.78, 5) is 0. The van der Waals surface area contributed by atoms with Crippen LogP contribution in [0.25, 0.3) is 11.3 Å². The Morgan fingerprint density at radius 2 is 1.64 bits per heavy atom. The summed E-state index contributed by atoms with van der Waals surface area (Å²) in [5, 5.41) is 25.2. The van der Waals surface area contributed by atoms with E-state index in [4.69, 9.17) is 19.6 Å². The van der Waals surface area contributed by atoms with Gasteiger partial charge in [0.25, 0.3) is 0 Å². The molecular weight excluding hydrogens is 356 g/mol. The predicted molar refractivity (Wildman–Crippen MR) is 103 cm³/mol. The number of nitriles is 1. The summed E-state index contributed by atoms with van der Waals surface area (Å²) < 4.78 is 16.0. The lowest BCUT2D eigenvalue weighted by molar-refractivity contribution is 0.414. The third kappa shape index (κ3) is 2.85. The Morgan fingerprint density at radius 3 is 2.21 bits per heavy atom. The van der Waals surface area contributed by atoms with Crippen LogP contribution in [0.4, 0.5) is 0 Å². The Labute approximate surface area is 162 Å². The number of methoxy groups -OCH3 is 2. The van der Waals surface area contributed by atoms with Gasteiger partial charge in [0.2, 0.25) is 11.8 Å². The van der Waals surface area contributed by atoms with Crippen LogP contribution in [0.2, 0.25) is 0 Å². The van der Waals surface area contributed by atoms with Gasteiger partial charge in [0, 0.05) is 11.5 Å². The molecule has 2 unspecified atom stereocenters. The average molecular weight is 374 g/mol. The lowest BCUT2D eigenvalue weighted by Gasteiger charge is -2.28. The molecule has 2 N–H and O–H groups in total. The Morgan fingerprint density at radius 1 is 1.04 bits per heavy atom. The molecule has 0 aliphatic carbocycles. The van der Waals surface area contributed by atoms with Crippen molar-refractivity contribution in [3.63, 3.8) is 0 Å². The highest BCUT2D eigenvalue weighted by atomic mass is 16.5. The smallest absolute Gasteiger partial charge is 0.244 e. The van der Waals surface area contributed by atoms with Crippen molar-refractivity contribution in [3.8, 4) is 34.7 Å². The number of ether oxygens (including phenoxy) is 3. The van der Waals surface area contributed by atoms with Gasteiger partial charge >= 0.3 is 0 Å². The van der Waals surface area contributed by atoms with Gasteiger partial charge in [-0.15, -0.1) is 5.10 Å². The topological polar surface area (TPSA) is 104 Å². The van der Waals surface area contributed by atoms with Crippen molar-refractivity contribution in [1.29, 1.82) is 10.7 Å². The molecule has 28 heavy (non-hydrogen) atoms. The molecule has 0 spiro atoms. The SMILES string of the molecule is COc1ccc(-c2[nH]nc3c2C(c2ccc(OC)cc2)C(C#N)C(=N)O3)cc1. The maximum absolute atomic E-state index is 9.74. The molecule has 1 aromatic heterocycles. The molecule has 2 aromatic carbocycles. The van der Waals surface area contributed by atoms with Crippen molar-refractivity contribution >= 4 is 5.90 Å². The molecule has 140 valence electrons. The van der Waals surface area contributed by atoms with Gasteiger partial charge in [0.05, 0.1) is 31.5 Å². The van der Waals surface area contributed by atoms with E-state index in [2.05, 4.69) is 16.3 Å². The van der Waals surface area contributed by atoms with Crippen LogP contribution >= 0.6 is 0 Å². The molecule has 0 fully saturated rings. The molecule has 4 rings (SSSR count). The molecule has 0 amide bonds. The Bertz CT molecular complexity index is 1050. The molecule has 0 radical (unpaired) electrons. The fourth-order valence-corrected chi connectivity index (χ4v) is 3.47. The minimum Gasteiger partial charge on any atom is -0.497 e. The molecule has 0 bridgehead atoms. The summed E-state index contributed by atoms with van der Waals surface area (Å²) in [5.74, 6) is 0.546. The number of hydrogen-bond donors (Lipinski definition) is 2. The summed E-state index contributed by atoms with van der Waals surface area (Å²) in [5.41, 5.74) is 3.30. The first kappa shape index (κ1) is 17.6. The van der Waals surface area contributed by atoms with Gasteiger partial charge in [0.15, 0.2) is 0 Å². The van der Waals surface area contributed by atoms with Gasteiger partial charge in [-0.3, -0.25) is 10.5 Å². The average Bonchev–Trinajstić information content (AvgIpc) is 3.16. The molecule has 2 atom stereocenters. The number of hydrogen-bond acceptors (Lipinski definition) is 6. The molecule has 3 aromatic rings. The van der Waals surface area contributed by atoms with E-state index in [-0.39, 0.29) is 11.8 Å². The van der Waals surface area contributed by atoms with E-state index >= 15 is 0 Å². The zero-order valence-electron chi connectivity index (χ0n) is 15.4. The van der Waals surface area contributed by atoms with Crippen LogP contribution in [0.5, 0.6) is 17.4 Å². The number of aromatic amines is 1. The van der Waals surface area contributed by atoms with Crippen LogP contribution in [0, 0.1) is 22.7 Å². The molecule has 7 heteroatoms. The van der Waals surface area contributed by atoms with E-state index in [0.29, 0.717) is 5.88 Å². The highest BCUT2D eigenvalue weighted by molar-refractivity contribution is 5.86. The van der Waals surface area contributed by atoms with E-state index in [1.54, 1.807) is 14.2 Å². The summed E-state index contributed by atoms with van der Waals surface area (Å²) in [6.45, 7) is 0. The van der Waals surface area contributed by atoms with Crippen molar-refractivity contribution in [2.45, 2.75) is 5.92 Å². The summed E-state index contributed by atoms with van der Waals surface area (Å²) in [6, 6.07) is 17.3. The number of H-pyrrole nitrogens is 1. The van der Waals surface area contributed by atoms with Crippen LogP contribution in [0.1, 0.15) is 17.0 Å². The van der Waals surface area contributed by atoms with E-state index in [1.807, 2.05) is 48.5 Å². The van der Waals surface area contributed by atoms with Crippen LogP contribution in [-0.2, 0) is 0 Å². The van der Waals surface area contributed by atoms with E-state index in [1.165, 1.54) is 0 Å². The number of rotatable bonds is 4. The highest BCUT2D eigenvalue weighted by Crippen LogP contribution is 2.46. The third-order valence-electron chi connectivity index (χ3n) is 4.90. The highest BCUT2D eigenvalue weighted by Gasteiger charge is 2.40. The lowest BCUT2D eigenvalue weighted by atomic mass is 9.79. The summed E-state index contributed by atoms with van der Waals surface area (Å²) in [7, 11) is 3.22. The van der Waals surface area contributed by atoms with E-state index in [9.17, 15) is 5.26 Å². The first-order valence-corrected chi connectivity index (χ1v) is 8.68. The van der Waals surface area contributed by atoms with Crippen molar-refractivity contribution < 1.29 is 14.2 Å². The van der Waals surface area contributed by atoms with Crippen LogP contribution < -0.4 is 14.2 Å². The number of nitrogens with zero attached hydrogens (tertiary/aromatic N) is 2. The Hall–Kier alpha value is -3.79. The van der Waals surface area contributed by atoms with E-state index in [0.717, 1.165) is 33.9 Å². The largest absolute Gasteiger partial charge is 0.497 e. The monoisotopic (exact) mass is 374 g/mol. The molecule has 1 aliphatic rings. The van der Waals surface area contributed by atoms with Crippen molar-refractivity contribution in [2.24, 2.45) is 5.92 Å². The quantitative estimate of drug-likeness (QED) is 0.724. The van der Waals surface area contributed by atoms with Crippen molar-refractivity contribution in [3.05, 3.63) is 59.7 Å². The standard InChI is InChI=1S/C21H18N4O3/c1-26-14-7-3-12(4-8-14)17-16(11-22)20(23)28-21-18(17)19(24-25-21)13-5-9-15(27-2)10-6-13/h3-10,16-17,23H,1-2H3,(H,24,25). The molecule has 7 nitrogen and oxygen atoms in total. The normalized spacial score (nSPS) is 18.0. The Kier molecular flexibility index (Phi) is 4.45. The number of benzene rings is 2. The predicted octanol–water partition coefficient (Wildman–Crippen LogP) is 3.74. The van der Waals surface area contributed by atoms with Crippen LogP contribution in [0.3, 0.4) is 0 Å². The van der Waals surface area contributed by atoms with Gasteiger partial charge in [-0.25, -0.2) is 0 Å². The molecule has 0 saturated carbocycles. The van der Waals surface area contributed by atoms with Crippen LogP contribution in [-0.4, -0.2) is 30.3 Å². The van der Waals surface area contributed by atoms with Gasteiger partial charge in [-0.1, -0.05) is 12.1 Å². The zero-order valence-corrected chi connectivity index (χ0v) is 15.4. The van der Waals surface area contributed by atoms with Crippen molar-refractivity contribution in [2.75, 3.05) is 14.2 Å². The number of fused-ring (bicyclic) bond motifs is 1. The number of nitrogens with one attached hydrogen (secondary N) is 2. The first-order chi connectivity index (χ1) is 13.7. The first-order valence-electron chi connectivity index (χ1n) is 8.68. The second-order valence-corrected chi connectivity index (χ2v) is 6.37. The number of aromatic nitrogens is 2. The fourth-order valence-electron chi connectivity index (χ4n) is 3.47. The maximum Gasteiger partial charge on any atom is 0.244 e. The molecule has 0 saturated heterocycles. The summed E-state index contributed by atoms with van der Waals surface area (Å²) in [6.07, 6.45) is 0. The van der Waals surface area contributed by atoms with Crippen LogP contribution in [0.15, 0.2) is 48.5 Å². The van der Waals surface area contributed by atoms with Gasteiger partial charge in [0.1, 0.15) is 17.4 Å². The maximum atomic E-state index is 9.74. The third-order valence-corrected chi connectivity index (χ3v) is 4.90. The second kappa shape index (κ2) is 7.08. The second-order valence-electron chi connectivity index (χ2n) is 6.37. The van der Waals surface area contributed by atoms with Crippen molar-refractivity contribution in [1.82, 2.24) is 10.2 Å². The zero-order chi connectivity index (χ0) is 19.7. The minimum atomic E-state index is -0.754. The van der Waals surface area contributed by atoms with E-state index < -0.39 is 5.92 Å². The fraction of sp³-hybridized carbons (Fsp3) is 0.190. The lowest BCUT2D eigenvalue weighted by Crippen LogP contribution is -2.30.